The van der Waals surface area contributed by atoms with E-state index in [-0.39, 0.29) is 6.42 Å². The fourth-order valence-electron chi connectivity index (χ4n) is 1.90. The van der Waals surface area contributed by atoms with Crippen LogP contribution in [0, 0.1) is 0 Å². The predicted molar refractivity (Wildman–Crippen MR) is 69.0 cm³/mol. The number of nitrogens with zero attached hydrogens (tertiary/aromatic N) is 2. The number of carbonyl (C=O) groups is 1. The van der Waals surface area contributed by atoms with E-state index < -0.39 is 5.97 Å². The van der Waals surface area contributed by atoms with Gasteiger partial charge in [0.15, 0.2) is 0 Å². The van der Waals surface area contributed by atoms with Crippen molar-refractivity contribution in [3.8, 4) is 5.69 Å². The molecule has 4 nitrogen and oxygen atoms in total. The summed E-state index contributed by atoms with van der Waals surface area (Å²) in [6.07, 6.45) is 3.69. The Bertz CT molecular complexity index is 541. The van der Waals surface area contributed by atoms with E-state index in [0.29, 0.717) is 5.92 Å². The maximum absolute atomic E-state index is 10.6. The Morgan fingerprint density at radius 1 is 1.33 bits per heavy atom. The van der Waals surface area contributed by atoms with Gasteiger partial charge in [0, 0.05) is 17.6 Å². The lowest BCUT2D eigenvalue weighted by Gasteiger charge is -2.11. The smallest absolute Gasteiger partial charge is 0.307 e. The summed E-state index contributed by atoms with van der Waals surface area (Å²) in [5.41, 5.74) is 2.95. The molecule has 0 spiro atoms. The summed E-state index contributed by atoms with van der Waals surface area (Å²) in [5, 5.41) is 8.72. The molecular formula is C14H16N2O2. The first-order valence-electron chi connectivity index (χ1n) is 5.91. The summed E-state index contributed by atoms with van der Waals surface area (Å²) in [6, 6.07) is 7.53. The highest BCUT2D eigenvalue weighted by Crippen LogP contribution is 2.19. The zero-order chi connectivity index (χ0) is 13.1. The van der Waals surface area contributed by atoms with Crippen LogP contribution in [0.5, 0.6) is 0 Å². The van der Waals surface area contributed by atoms with E-state index in [1.165, 1.54) is 0 Å². The number of aliphatic carboxylic acids is 1. The van der Waals surface area contributed by atoms with Crippen molar-refractivity contribution < 1.29 is 9.90 Å². The van der Waals surface area contributed by atoms with E-state index in [0.717, 1.165) is 16.9 Å². The second-order valence-corrected chi connectivity index (χ2v) is 4.58. The van der Waals surface area contributed by atoms with Crippen molar-refractivity contribution in [1.82, 2.24) is 9.55 Å². The van der Waals surface area contributed by atoms with Gasteiger partial charge in [-0.15, -0.1) is 0 Å². The van der Waals surface area contributed by atoms with Crippen molar-refractivity contribution >= 4 is 5.97 Å². The third-order valence-electron chi connectivity index (χ3n) is 2.83. The SMILES string of the molecule is CC(C)c1cncn1-c1ccc(CC(=O)O)cc1. The minimum Gasteiger partial charge on any atom is -0.481 e. The first-order chi connectivity index (χ1) is 8.58. The minimum absolute atomic E-state index is 0.0568. The second-order valence-electron chi connectivity index (χ2n) is 4.58. The van der Waals surface area contributed by atoms with Crippen molar-refractivity contribution in [2.45, 2.75) is 26.2 Å². The van der Waals surface area contributed by atoms with Crippen LogP contribution in [0.4, 0.5) is 0 Å². The first kappa shape index (κ1) is 12.4. The molecule has 94 valence electrons. The number of hydrogen-bond donors (Lipinski definition) is 1. The average Bonchev–Trinajstić information content (AvgIpc) is 2.78. The minimum atomic E-state index is -0.812. The summed E-state index contributed by atoms with van der Waals surface area (Å²) in [7, 11) is 0. The summed E-state index contributed by atoms with van der Waals surface area (Å²) in [5.74, 6) is -0.417. The lowest BCUT2D eigenvalue weighted by atomic mass is 10.1. The number of carboxylic acids is 1. The van der Waals surface area contributed by atoms with Crippen LogP contribution in [0.3, 0.4) is 0 Å². The predicted octanol–water partition coefficient (Wildman–Crippen LogP) is 2.62. The molecule has 0 fully saturated rings. The Labute approximate surface area is 106 Å². The van der Waals surface area contributed by atoms with Crippen LogP contribution in [-0.2, 0) is 11.2 Å². The summed E-state index contributed by atoms with van der Waals surface area (Å²) >= 11 is 0. The molecule has 0 amide bonds. The molecule has 0 aliphatic heterocycles. The largest absolute Gasteiger partial charge is 0.481 e. The van der Waals surface area contributed by atoms with E-state index in [1.807, 2.05) is 35.0 Å². The third-order valence-corrected chi connectivity index (χ3v) is 2.83. The van der Waals surface area contributed by atoms with Gasteiger partial charge in [0.2, 0.25) is 0 Å². The lowest BCUT2D eigenvalue weighted by Crippen LogP contribution is -2.02. The Kier molecular flexibility index (Phi) is 3.46. The number of aromatic nitrogens is 2. The van der Waals surface area contributed by atoms with Gasteiger partial charge in [-0.2, -0.15) is 0 Å². The van der Waals surface area contributed by atoms with E-state index in [4.69, 9.17) is 5.11 Å². The molecule has 0 aliphatic carbocycles. The molecule has 0 saturated heterocycles. The van der Waals surface area contributed by atoms with Crippen molar-refractivity contribution in [3.63, 3.8) is 0 Å². The Morgan fingerprint density at radius 3 is 2.56 bits per heavy atom. The number of hydrogen-bond acceptors (Lipinski definition) is 2. The second kappa shape index (κ2) is 5.04. The molecular weight excluding hydrogens is 228 g/mol. The maximum Gasteiger partial charge on any atom is 0.307 e. The molecule has 1 heterocycles. The van der Waals surface area contributed by atoms with Crippen LogP contribution in [0.15, 0.2) is 36.8 Å². The van der Waals surface area contributed by atoms with Gasteiger partial charge in [0.1, 0.15) is 0 Å². The van der Waals surface area contributed by atoms with Gasteiger partial charge in [-0.3, -0.25) is 4.79 Å². The Hall–Kier alpha value is -2.10. The van der Waals surface area contributed by atoms with Crippen LogP contribution in [0.1, 0.15) is 31.0 Å². The van der Waals surface area contributed by atoms with Gasteiger partial charge in [-0.1, -0.05) is 26.0 Å². The molecule has 4 heteroatoms. The monoisotopic (exact) mass is 244 g/mol. The number of rotatable bonds is 4. The Balaban J connectivity index is 2.29. The number of benzene rings is 1. The van der Waals surface area contributed by atoms with Gasteiger partial charge < -0.3 is 9.67 Å². The first-order valence-corrected chi connectivity index (χ1v) is 5.91. The third kappa shape index (κ3) is 2.59. The zero-order valence-electron chi connectivity index (χ0n) is 10.5. The molecule has 1 N–H and O–H groups in total. The zero-order valence-corrected chi connectivity index (χ0v) is 10.5. The summed E-state index contributed by atoms with van der Waals surface area (Å²) in [6.45, 7) is 4.23. The van der Waals surface area contributed by atoms with Gasteiger partial charge in [-0.25, -0.2) is 4.98 Å². The summed E-state index contributed by atoms with van der Waals surface area (Å²) < 4.78 is 2.02. The molecule has 1 aromatic carbocycles. The highest BCUT2D eigenvalue weighted by molar-refractivity contribution is 5.70. The average molecular weight is 244 g/mol. The quantitative estimate of drug-likeness (QED) is 0.899. The molecule has 2 aromatic rings. The van der Waals surface area contributed by atoms with Crippen LogP contribution < -0.4 is 0 Å². The van der Waals surface area contributed by atoms with Crippen LogP contribution >= 0.6 is 0 Å². The van der Waals surface area contributed by atoms with E-state index in [2.05, 4.69) is 18.8 Å². The molecule has 18 heavy (non-hydrogen) atoms. The molecule has 0 radical (unpaired) electrons. The lowest BCUT2D eigenvalue weighted by molar-refractivity contribution is -0.136. The maximum atomic E-state index is 10.6. The van der Waals surface area contributed by atoms with Crippen molar-refractivity contribution in [2.24, 2.45) is 0 Å². The highest BCUT2D eigenvalue weighted by atomic mass is 16.4. The van der Waals surface area contributed by atoms with Crippen LogP contribution in [-0.4, -0.2) is 20.6 Å². The topological polar surface area (TPSA) is 55.1 Å². The van der Waals surface area contributed by atoms with Crippen LogP contribution in [0.2, 0.25) is 0 Å². The van der Waals surface area contributed by atoms with Crippen molar-refractivity contribution in [2.75, 3.05) is 0 Å². The molecule has 0 aliphatic rings. The molecule has 2 rings (SSSR count). The highest BCUT2D eigenvalue weighted by Gasteiger charge is 2.08. The standard InChI is InChI=1S/C14H16N2O2/c1-10(2)13-8-15-9-16(13)12-5-3-11(4-6-12)7-14(17)18/h3-6,8-10H,7H2,1-2H3,(H,17,18). The van der Waals surface area contributed by atoms with Gasteiger partial charge >= 0.3 is 5.97 Å². The van der Waals surface area contributed by atoms with E-state index >= 15 is 0 Å². The fourth-order valence-corrected chi connectivity index (χ4v) is 1.90. The molecule has 0 bridgehead atoms. The van der Waals surface area contributed by atoms with Crippen molar-refractivity contribution in [1.29, 1.82) is 0 Å². The van der Waals surface area contributed by atoms with E-state index in [1.54, 1.807) is 6.33 Å². The Morgan fingerprint density at radius 2 is 2.00 bits per heavy atom. The summed E-state index contributed by atoms with van der Waals surface area (Å²) in [4.78, 5) is 14.8. The fraction of sp³-hybridized carbons (Fsp3) is 0.286. The van der Waals surface area contributed by atoms with Gasteiger partial charge in [0.05, 0.1) is 12.7 Å². The van der Waals surface area contributed by atoms with Crippen LogP contribution in [0.25, 0.3) is 5.69 Å². The normalized spacial score (nSPS) is 10.8. The number of imidazole rings is 1. The molecule has 0 saturated carbocycles. The molecule has 0 atom stereocenters. The molecule has 1 aromatic heterocycles. The van der Waals surface area contributed by atoms with Gasteiger partial charge in [-0.05, 0) is 23.6 Å². The van der Waals surface area contributed by atoms with Crippen molar-refractivity contribution in [3.05, 3.63) is 48.0 Å². The molecule has 0 unspecified atom stereocenters. The van der Waals surface area contributed by atoms with Gasteiger partial charge in [0.25, 0.3) is 0 Å². The van der Waals surface area contributed by atoms with E-state index in [9.17, 15) is 4.79 Å². The number of carboxylic acid groups (broad SMARTS) is 1.